The zero-order valence-electron chi connectivity index (χ0n) is 15.7. The Labute approximate surface area is 155 Å². The Kier molecular flexibility index (Phi) is 4.20. The molecular weight excluding hydrogens is 342 g/mol. The molecule has 1 amide bonds. The maximum atomic E-state index is 13.4. The van der Waals surface area contributed by atoms with Crippen LogP contribution in [0.25, 0.3) is 0 Å². The van der Waals surface area contributed by atoms with Crippen LogP contribution in [0.1, 0.15) is 16.8 Å². The number of carbonyl (C=O) groups is 1. The summed E-state index contributed by atoms with van der Waals surface area (Å²) in [5, 5.41) is 0. The molecule has 1 unspecified atom stereocenters. The number of fused-ring (bicyclic) bond motifs is 3. The minimum Gasteiger partial charge on any atom is -0.361 e. The van der Waals surface area contributed by atoms with E-state index in [1.54, 1.807) is 17.3 Å². The number of ether oxygens (including phenoxy) is 1. The van der Waals surface area contributed by atoms with E-state index in [1.807, 2.05) is 18.2 Å². The van der Waals surface area contributed by atoms with E-state index in [0.29, 0.717) is 19.4 Å². The van der Waals surface area contributed by atoms with Gasteiger partial charge in [0.1, 0.15) is 12.5 Å². The second-order valence-electron chi connectivity index (χ2n) is 8.50. The smallest absolute Gasteiger partial charge is 0.241 e. The normalized spacial score (nSPS) is 21.3. The van der Waals surface area contributed by atoms with Crippen LogP contribution in [0.5, 0.6) is 0 Å². The van der Waals surface area contributed by atoms with Gasteiger partial charge in [-0.2, -0.15) is 0 Å². The van der Waals surface area contributed by atoms with Gasteiger partial charge in [0.05, 0.1) is 5.41 Å². The Balaban J connectivity index is 1.59. The van der Waals surface area contributed by atoms with Crippen molar-refractivity contribution in [3.63, 3.8) is 0 Å². The van der Waals surface area contributed by atoms with Gasteiger partial charge >= 0.3 is 0 Å². The summed E-state index contributed by atoms with van der Waals surface area (Å²) in [5.41, 5.74) is 2.63. The Morgan fingerprint density at radius 2 is 1.92 bits per heavy atom. The molecule has 1 spiro atoms. The van der Waals surface area contributed by atoms with E-state index in [1.165, 1.54) is 0 Å². The van der Waals surface area contributed by atoms with Gasteiger partial charge in [-0.1, -0.05) is 31.8 Å². The minimum absolute atomic E-state index is 0.0946. The van der Waals surface area contributed by atoms with Crippen LogP contribution in [0, 0.1) is 0 Å². The third-order valence-electron chi connectivity index (χ3n) is 5.38. The van der Waals surface area contributed by atoms with Crippen molar-refractivity contribution in [1.29, 1.82) is 0 Å². The summed E-state index contributed by atoms with van der Waals surface area (Å²) in [6.07, 6.45) is 4.89. The number of hydrogen-bond acceptors (Lipinski definition) is 4. The van der Waals surface area contributed by atoms with Gasteiger partial charge in [-0.15, -0.1) is 0 Å². The highest BCUT2D eigenvalue weighted by Gasteiger charge is 2.54. The highest BCUT2D eigenvalue weighted by Crippen LogP contribution is 2.48. The summed E-state index contributed by atoms with van der Waals surface area (Å²) in [5.74, 6) is 0.843. The lowest BCUT2D eigenvalue weighted by Gasteiger charge is -2.23. The SMILES string of the molecule is C[Si](C)(C)CCOCN1C(=O)C2(Cc3cccnc3C2)c2cccnc21. The molecule has 0 radical (unpaired) electrons. The first-order valence-electron chi connectivity index (χ1n) is 9.19. The Morgan fingerprint density at radius 1 is 1.15 bits per heavy atom. The van der Waals surface area contributed by atoms with E-state index in [9.17, 15) is 4.79 Å². The number of anilines is 1. The fourth-order valence-electron chi connectivity index (χ4n) is 3.92. The number of amides is 1. The number of pyridine rings is 2. The quantitative estimate of drug-likeness (QED) is 0.602. The van der Waals surface area contributed by atoms with Gasteiger partial charge in [-0.3, -0.25) is 14.7 Å². The van der Waals surface area contributed by atoms with Crippen LogP contribution < -0.4 is 4.90 Å². The lowest BCUT2D eigenvalue weighted by molar-refractivity contribution is -0.124. The molecule has 2 aromatic rings. The van der Waals surface area contributed by atoms with E-state index in [2.05, 4.69) is 35.7 Å². The summed E-state index contributed by atoms with van der Waals surface area (Å²) in [4.78, 5) is 24.2. The largest absolute Gasteiger partial charge is 0.361 e. The Hall–Kier alpha value is -2.05. The first-order chi connectivity index (χ1) is 12.4. The van der Waals surface area contributed by atoms with Gasteiger partial charge in [0, 0.05) is 44.8 Å². The first kappa shape index (κ1) is 17.4. The summed E-state index contributed by atoms with van der Waals surface area (Å²) >= 11 is 0. The summed E-state index contributed by atoms with van der Waals surface area (Å²) in [7, 11) is -1.15. The molecule has 0 saturated heterocycles. The fourth-order valence-corrected chi connectivity index (χ4v) is 4.67. The molecule has 0 N–H and O–H groups in total. The predicted molar refractivity (Wildman–Crippen MR) is 104 cm³/mol. The third-order valence-corrected chi connectivity index (χ3v) is 7.08. The third kappa shape index (κ3) is 2.87. The molecule has 0 fully saturated rings. The number of carbonyl (C=O) groups excluding carboxylic acids is 1. The van der Waals surface area contributed by atoms with Crippen molar-refractivity contribution in [3.8, 4) is 0 Å². The lowest BCUT2D eigenvalue weighted by atomic mass is 9.80. The molecule has 0 saturated carbocycles. The Morgan fingerprint density at radius 3 is 2.69 bits per heavy atom. The first-order valence-corrected chi connectivity index (χ1v) is 12.9. The average molecular weight is 368 g/mol. The van der Waals surface area contributed by atoms with Crippen molar-refractivity contribution in [2.75, 3.05) is 18.2 Å². The molecule has 6 heteroatoms. The number of nitrogens with zero attached hydrogens (tertiary/aromatic N) is 3. The van der Waals surface area contributed by atoms with Crippen LogP contribution in [0.15, 0.2) is 36.7 Å². The highest BCUT2D eigenvalue weighted by molar-refractivity contribution is 6.76. The molecule has 0 bridgehead atoms. The second kappa shape index (κ2) is 6.28. The van der Waals surface area contributed by atoms with E-state index in [0.717, 1.165) is 28.7 Å². The summed E-state index contributed by atoms with van der Waals surface area (Å²) in [6, 6.07) is 9.06. The zero-order chi connectivity index (χ0) is 18.4. The van der Waals surface area contributed by atoms with Gasteiger partial charge in [0.2, 0.25) is 5.91 Å². The van der Waals surface area contributed by atoms with Gasteiger partial charge in [0.15, 0.2) is 0 Å². The van der Waals surface area contributed by atoms with E-state index in [-0.39, 0.29) is 12.6 Å². The minimum atomic E-state index is -1.15. The summed E-state index contributed by atoms with van der Waals surface area (Å²) in [6.45, 7) is 7.94. The Bertz CT molecular complexity index is 822. The van der Waals surface area contributed by atoms with Crippen molar-refractivity contribution in [3.05, 3.63) is 53.5 Å². The molecule has 1 aliphatic carbocycles. The van der Waals surface area contributed by atoms with Crippen molar-refractivity contribution >= 4 is 19.8 Å². The molecule has 3 heterocycles. The van der Waals surface area contributed by atoms with Crippen LogP contribution in [0.4, 0.5) is 5.82 Å². The molecule has 1 aliphatic heterocycles. The molecular formula is C20H25N3O2Si. The lowest BCUT2D eigenvalue weighted by Crippen LogP contribution is -2.42. The zero-order valence-corrected chi connectivity index (χ0v) is 16.7. The fraction of sp³-hybridized carbons (Fsp3) is 0.450. The van der Waals surface area contributed by atoms with Gasteiger partial charge in [0.25, 0.3) is 0 Å². The van der Waals surface area contributed by atoms with Gasteiger partial charge < -0.3 is 4.74 Å². The van der Waals surface area contributed by atoms with Crippen molar-refractivity contribution in [2.45, 2.75) is 43.9 Å². The monoisotopic (exact) mass is 367 g/mol. The maximum Gasteiger partial charge on any atom is 0.241 e. The number of rotatable bonds is 5. The molecule has 2 aliphatic rings. The topological polar surface area (TPSA) is 55.3 Å². The number of aromatic nitrogens is 2. The summed E-state index contributed by atoms with van der Waals surface area (Å²) < 4.78 is 5.88. The van der Waals surface area contributed by atoms with Crippen molar-refractivity contribution in [2.24, 2.45) is 0 Å². The maximum absolute atomic E-state index is 13.4. The van der Waals surface area contributed by atoms with Gasteiger partial charge in [-0.05, 0) is 30.2 Å². The molecule has 4 rings (SSSR count). The van der Waals surface area contributed by atoms with Gasteiger partial charge in [-0.25, -0.2) is 4.98 Å². The average Bonchev–Trinajstić information content (AvgIpc) is 3.10. The van der Waals surface area contributed by atoms with Crippen molar-refractivity contribution in [1.82, 2.24) is 9.97 Å². The van der Waals surface area contributed by atoms with Crippen molar-refractivity contribution < 1.29 is 9.53 Å². The van der Waals surface area contributed by atoms with E-state index >= 15 is 0 Å². The molecule has 26 heavy (non-hydrogen) atoms. The van der Waals surface area contributed by atoms with E-state index in [4.69, 9.17) is 4.74 Å². The van der Waals surface area contributed by atoms with Crippen LogP contribution in [0.3, 0.4) is 0 Å². The highest BCUT2D eigenvalue weighted by atomic mass is 28.3. The van der Waals surface area contributed by atoms with E-state index < -0.39 is 13.5 Å². The number of hydrogen-bond donors (Lipinski definition) is 0. The molecule has 1 atom stereocenters. The molecule has 0 aromatic carbocycles. The van der Waals surface area contributed by atoms with Crippen LogP contribution >= 0.6 is 0 Å². The molecule has 5 nitrogen and oxygen atoms in total. The predicted octanol–water partition coefficient (Wildman–Crippen LogP) is 3.17. The van der Waals surface area contributed by atoms with Crippen LogP contribution in [-0.4, -0.2) is 37.3 Å². The standard InChI is InChI=1S/C20H25N3O2Si/c1-26(2,3)11-10-25-14-23-18-16(7-5-9-22-18)20(19(23)24)12-15-6-4-8-21-17(15)13-20/h4-9H,10-14H2,1-3H3. The van der Waals surface area contributed by atoms with Crippen LogP contribution in [-0.2, 0) is 27.8 Å². The second-order valence-corrected chi connectivity index (χ2v) is 14.1. The molecule has 2 aromatic heterocycles. The van der Waals surface area contributed by atoms with Crippen LogP contribution in [0.2, 0.25) is 25.7 Å². The molecule has 136 valence electrons.